The first-order chi connectivity index (χ1) is 22.9. The quantitative estimate of drug-likeness (QED) is 0.186. The average Bonchev–Trinajstić information content (AvgIpc) is 3.65. The van der Waals surface area contributed by atoms with Crippen LogP contribution in [-0.2, 0) is 0 Å². The first kappa shape index (κ1) is 24.3. The lowest BCUT2D eigenvalue weighted by molar-refractivity contribution is 1.17. The van der Waals surface area contributed by atoms with E-state index in [-0.39, 0.29) is 6.71 Å². The first-order valence-electron chi connectivity index (χ1n) is 16.0. The Morgan fingerprint density at radius 3 is 1.74 bits per heavy atom. The zero-order valence-corrected chi connectivity index (χ0v) is 24.9. The smallest absolute Gasteiger partial charge is 0.252 e. The minimum atomic E-state index is 0.143. The summed E-state index contributed by atoms with van der Waals surface area (Å²) in [5.41, 5.74) is 15.2. The summed E-state index contributed by atoms with van der Waals surface area (Å²) < 4.78 is 4.98. The molecule has 0 amide bonds. The highest BCUT2D eigenvalue weighted by molar-refractivity contribution is 7.00. The number of anilines is 3. The molecule has 4 heterocycles. The highest BCUT2D eigenvalue weighted by atomic mass is 15.2. The van der Waals surface area contributed by atoms with Gasteiger partial charge in [-0.1, -0.05) is 97.1 Å². The van der Waals surface area contributed by atoms with Gasteiger partial charge in [0.1, 0.15) is 0 Å². The van der Waals surface area contributed by atoms with Crippen LogP contribution < -0.4 is 21.3 Å². The van der Waals surface area contributed by atoms with Crippen LogP contribution in [0, 0.1) is 0 Å². The summed E-state index contributed by atoms with van der Waals surface area (Å²) in [4.78, 5) is 2.47. The standard InChI is InChI=1S/C42H26BN3/c1-3-13-27(14-4-1)44-33-20-10-7-17-29(33)39-36(44)25-26-37-40(39)30-23-24-38-41-42(30)46(37)35-22-12-9-19-32(35)43(41)31-18-8-11-21-34(31)45(38)28-15-5-2-6-16-28/h1-26H. The van der Waals surface area contributed by atoms with Crippen molar-refractivity contribution in [2.24, 2.45) is 0 Å². The lowest BCUT2D eigenvalue weighted by atomic mass is 9.34. The van der Waals surface area contributed by atoms with Crippen molar-refractivity contribution in [1.82, 2.24) is 9.13 Å². The van der Waals surface area contributed by atoms with Gasteiger partial charge < -0.3 is 14.0 Å². The summed E-state index contributed by atoms with van der Waals surface area (Å²) in [5.74, 6) is 0. The molecule has 0 aliphatic carbocycles. The Morgan fingerprint density at radius 2 is 0.957 bits per heavy atom. The number of fused-ring (bicyclic) bond motifs is 12. The molecule has 212 valence electrons. The predicted molar refractivity (Wildman–Crippen MR) is 194 cm³/mol. The van der Waals surface area contributed by atoms with E-state index in [9.17, 15) is 0 Å². The predicted octanol–water partition coefficient (Wildman–Crippen LogP) is 8.49. The SMILES string of the molecule is c1ccc(N2c3ccccc3B3c4ccccc4-n4c5ccc6c(c7ccccc7n6-c6ccccc6)c5c5ccc2c3c54)cc1. The Labute approximate surface area is 266 Å². The van der Waals surface area contributed by atoms with Crippen LogP contribution in [0.25, 0.3) is 55.0 Å². The van der Waals surface area contributed by atoms with Crippen LogP contribution in [0.5, 0.6) is 0 Å². The van der Waals surface area contributed by atoms with Gasteiger partial charge in [-0.15, -0.1) is 0 Å². The van der Waals surface area contributed by atoms with E-state index >= 15 is 0 Å². The molecule has 4 heteroatoms. The van der Waals surface area contributed by atoms with E-state index in [1.807, 2.05) is 0 Å². The van der Waals surface area contributed by atoms with Crippen LogP contribution in [-0.4, -0.2) is 15.8 Å². The molecule has 0 radical (unpaired) electrons. The largest absolute Gasteiger partial charge is 0.311 e. The summed E-state index contributed by atoms with van der Waals surface area (Å²) in [7, 11) is 0. The van der Waals surface area contributed by atoms with Gasteiger partial charge in [-0.2, -0.15) is 0 Å². The minimum absolute atomic E-state index is 0.143. The van der Waals surface area contributed by atoms with Crippen molar-refractivity contribution in [3.05, 3.63) is 158 Å². The number of hydrogen-bond donors (Lipinski definition) is 0. The molecule has 2 aliphatic heterocycles. The van der Waals surface area contributed by atoms with E-state index in [0.717, 1.165) is 0 Å². The molecular weight excluding hydrogens is 557 g/mol. The summed E-state index contributed by atoms with van der Waals surface area (Å²) in [6.45, 7) is 0.143. The highest BCUT2D eigenvalue weighted by Crippen LogP contribution is 2.45. The van der Waals surface area contributed by atoms with Crippen molar-refractivity contribution < 1.29 is 0 Å². The third kappa shape index (κ3) is 2.94. The fourth-order valence-corrected chi connectivity index (χ4v) is 8.59. The monoisotopic (exact) mass is 583 g/mol. The fraction of sp³-hybridized carbons (Fsp3) is 0. The van der Waals surface area contributed by atoms with Crippen molar-refractivity contribution in [2.45, 2.75) is 0 Å². The maximum Gasteiger partial charge on any atom is 0.252 e. The molecule has 3 nitrogen and oxygen atoms in total. The maximum atomic E-state index is 2.56. The van der Waals surface area contributed by atoms with Crippen LogP contribution in [0.1, 0.15) is 0 Å². The van der Waals surface area contributed by atoms with Gasteiger partial charge in [0.2, 0.25) is 0 Å². The lowest BCUT2D eigenvalue weighted by Gasteiger charge is -2.39. The number of nitrogens with zero attached hydrogens (tertiary/aromatic N) is 3. The van der Waals surface area contributed by atoms with Crippen LogP contribution in [0.2, 0.25) is 0 Å². The van der Waals surface area contributed by atoms with Crippen LogP contribution >= 0.6 is 0 Å². The van der Waals surface area contributed by atoms with Gasteiger partial charge in [0.05, 0.1) is 22.1 Å². The molecule has 9 aromatic rings. The van der Waals surface area contributed by atoms with Gasteiger partial charge in [0, 0.05) is 50.0 Å². The van der Waals surface area contributed by atoms with E-state index in [0.29, 0.717) is 0 Å². The Hall–Kier alpha value is -6.00. The van der Waals surface area contributed by atoms with Gasteiger partial charge in [0.25, 0.3) is 6.71 Å². The van der Waals surface area contributed by atoms with Gasteiger partial charge in [-0.3, -0.25) is 0 Å². The number of rotatable bonds is 2. The molecule has 0 saturated carbocycles. The summed E-state index contributed by atoms with van der Waals surface area (Å²) in [6, 6.07) is 57.9. The summed E-state index contributed by atoms with van der Waals surface area (Å²) in [6.07, 6.45) is 0. The van der Waals surface area contributed by atoms with Gasteiger partial charge in [-0.25, -0.2) is 0 Å². The van der Waals surface area contributed by atoms with Crippen molar-refractivity contribution in [3.8, 4) is 11.4 Å². The van der Waals surface area contributed by atoms with E-state index in [1.54, 1.807) is 0 Å². The van der Waals surface area contributed by atoms with Crippen molar-refractivity contribution >= 4 is 83.8 Å². The van der Waals surface area contributed by atoms with Gasteiger partial charge in [0.15, 0.2) is 0 Å². The maximum absolute atomic E-state index is 2.56. The van der Waals surface area contributed by atoms with Gasteiger partial charge >= 0.3 is 0 Å². The van der Waals surface area contributed by atoms with Crippen LogP contribution in [0.15, 0.2) is 158 Å². The second-order valence-electron chi connectivity index (χ2n) is 12.5. The van der Waals surface area contributed by atoms with E-state index in [1.165, 1.54) is 88.4 Å². The third-order valence-corrected chi connectivity index (χ3v) is 10.3. The fourth-order valence-electron chi connectivity index (χ4n) is 8.59. The number of aromatic nitrogens is 2. The highest BCUT2D eigenvalue weighted by Gasteiger charge is 2.42. The Bertz CT molecular complexity index is 2700. The van der Waals surface area contributed by atoms with Gasteiger partial charge in [-0.05, 0) is 77.1 Å². The van der Waals surface area contributed by atoms with Crippen molar-refractivity contribution in [3.63, 3.8) is 0 Å². The van der Waals surface area contributed by atoms with Crippen molar-refractivity contribution in [1.29, 1.82) is 0 Å². The Balaban J connectivity index is 1.35. The topological polar surface area (TPSA) is 13.1 Å². The average molecular weight is 584 g/mol. The van der Waals surface area contributed by atoms with E-state index < -0.39 is 0 Å². The van der Waals surface area contributed by atoms with Crippen LogP contribution in [0.3, 0.4) is 0 Å². The summed E-state index contributed by atoms with van der Waals surface area (Å²) >= 11 is 0. The molecule has 0 N–H and O–H groups in total. The van der Waals surface area contributed by atoms with Crippen molar-refractivity contribution in [2.75, 3.05) is 4.90 Å². The first-order valence-corrected chi connectivity index (χ1v) is 16.0. The molecule has 46 heavy (non-hydrogen) atoms. The van der Waals surface area contributed by atoms with Crippen LogP contribution in [0.4, 0.5) is 17.1 Å². The summed E-state index contributed by atoms with van der Waals surface area (Å²) in [5, 5.41) is 5.22. The number of benzene rings is 7. The normalized spacial score (nSPS) is 13.1. The third-order valence-electron chi connectivity index (χ3n) is 10.3. The molecule has 0 saturated heterocycles. The Morgan fingerprint density at radius 1 is 0.370 bits per heavy atom. The molecule has 0 unspecified atom stereocenters. The zero-order chi connectivity index (χ0) is 29.9. The molecular formula is C42H26BN3. The zero-order valence-electron chi connectivity index (χ0n) is 24.9. The molecule has 2 aromatic heterocycles. The molecule has 2 aliphatic rings. The molecule has 11 rings (SSSR count). The molecule has 0 atom stereocenters. The molecule has 0 fully saturated rings. The van der Waals surface area contributed by atoms with E-state index in [2.05, 4.69) is 172 Å². The second kappa shape index (κ2) is 8.80. The molecule has 0 spiro atoms. The molecule has 7 aromatic carbocycles. The Kier molecular flexibility index (Phi) is 4.66. The molecule has 0 bridgehead atoms. The minimum Gasteiger partial charge on any atom is -0.311 e. The second-order valence-corrected chi connectivity index (χ2v) is 12.5. The number of para-hydroxylation sites is 5. The lowest BCUT2D eigenvalue weighted by Crippen LogP contribution is -2.60. The van der Waals surface area contributed by atoms with E-state index in [4.69, 9.17) is 0 Å². The number of hydrogen-bond acceptors (Lipinski definition) is 1.